The lowest BCUT2D eigenvalue weighted by Gasteiger charge is -2.23. The summed E-state index contributed by atoms with van der Waals surface area (Å²) in [6.07, 6.45) is 6.52. The van der Waals surface area contributed by atoms with Crippen molar-refractivity contribution in [1.82, 2.24) is 10.2 Å². The molecule has 0 aromatic heterocycles. The number of carbonyl (C=O) groups is 1. The van der Waals surface area contributed by atoms with E-state index in [0.29, 0.717) is 6.04 Å². The van der Waals surface area contributed by atoms with Crippen LogP contribution >= 0.6 is 0 Å². The highest BCUT2D eigenvalue weighted by Crippen LogP contribution is 2.26. The van der Waals surface area contributed by atoms with E-state index in [0.717, 1.165) is 25.6 Å². The third-order valence-corrected chi connectivity index (χ3v) is 3.60. The van der Waals surface area contributed by atoms with Crippen LogP contribution < -0.4 is 5.32 Å². The van der Waals surface area contributed by atoms with Gasteiger partial charge in [0, 0.05) is 25.2 Å². The van der Waals surface area contributed by atoms with Crippen LogP contribution in [0.5, 0.6) is 0 Å². The Balaban J connectivity index is 1.71. The van der Waals surface area contributed by atoms with Crippen molar-refractivity contribution in [3.8, 4) is 0 Å². The van der Waals surface area contributed by atoms with E-state index in [1.807, 2.05) is 0 Å². The Morgan fingerprint density at radius 1 is 1.33 bits per heavy atom. The van der Waals surface area contributed by atoms with Gasteiger partial charge in [0.1, 0.15) is 0 Å². The first-order valence-electron chi connectivity index (χ1n) is 5.95. The molecule has 2 fully saturated rings. The Labute approximate surface area is 90.6 Å². The molecular formula is C11H20N2O2. The van der Waals surface area contributed by atoms with Gasteiger partial charge in [-0.25, -0.2) is 0 Å². The minimum Gasteiger partial charge on any atom is -0.480 e. The highest BCUT2D eigenvalue weighted by Gasteiger charge is 2.29. The molecule has 0 aromatic rings. The van der Waals surface area contributed by atoms with E-state index in [1.54, 1.807) is 0 Å². The second-order valence-electron chi connectivity index (χ2n) is 4.69. The van der Waals surface area contributed by atoms with Gasteiger partial charge in [-0.05, 0) is 19.3 Å². The van der Waals surface area contributed by atoms with Crippen LogP contribution in [0.15, 0.2) is 0 Å². The average molecular weight is 212 g/mol. The summed E-state index contributed by atoms with van der Waals surface area (Å²) < 4.78 is 0. The number of carboxylic acids is 1. The van der Waals surface area contributed by atoms with Gasteiger partial charge < -0.3 is 10.4 Å². The molecule has 86 valence electrons. The molecule has 1 saturated heterocycles. The molecule has 2 aliphatic rings. The molecule has 15 heavy (non-hydrogen) atoms. The van der Waals surface area contributed by atoms with Crippen molar-refractivity contribution in [3.63, 3.8) is 0 Å². The van der Waals surface area contributed by atoms with E-state index in [2.05, 4.69) is 10.2 Å². The molecule has 1 aliphatic heterocycles. The number of rotatable bonds is 4. The molecule has 1 aliphatic carbocycles. The molecule has 1 unspecified atom stereocenters. The molecule has 1 saturated carbocycles. The first-order valence-corrected chi connectivity index (χ1v) is 5.95. The largest absolute Gasteiger partial charge is 0.480 e. The number of hydrogen-bond acceptors (Lipinski definition) is 3. The average Bonchev–Trinajstić information content (AvgIpc) is 2.85. The Hall–Kier alpha value is -0.610. The van der Waals surface area contributed by atoms with E-state index >= 15 is 0 Å². The molecule has 4 nitrogen and oxygen atoms in total. The van der Waals surface area contributed by atoms with Crippen molar-refractivity contribution in [2.24, 2.45) is 0 Å². The van der Waals surface area contributed by atoms with Gasteiger partial charge in [0.2, 0.25) is 0 Å². The number of aliphatic carboxylic acids is 1. The van der Waals surface area contributed by atoms with Gasteiger partial charge in [-0.3, -0.25) is 9.69 Å². The zero-order chi connectivity index (χ0) is 10.7. The second-order valence-corrected chi connectivity index (χ2v) is 4.69. The summed E-state index contributed by atoms with van der Waals surface area (Å²) in [6, 6.07) is 1.17. The summed E-state index contributed by atoms with van der Waals surface area (Å²) in [5, 5.41) is 11.7. The zero-order valence-corrected chi connectivity index (χ0v) is 9.11. The maximum atomic E-state index is 10.4. The first kappa shape index (κ1) is 10.9. The molecule has 2 N–H and O–H groups in total. The fourth-order valence-corrected chi connectivity index (χ4v) is 2.79. The third-order valence-electron chi connectivity index (χ3n) is 3.60. The minimum absolute atomic E-state index is 0.100. The van der Waals surface area contributed by atoms with Crippen LogP contribution in [-0.2, 0) is 4.79 Å². The van der Waals surface area contributed by atoms with E-state index in [1.165, 1.54) is 25.7 Å². The Morgan fingerprint density at radius 2 is 2.07 bits per heavy atom. The Bertz CT molecular complexity index is 227. The SMILES string of the molecule is O=C(O)CNC1CCN(C2CCCC2)C1. The quantitative estimate of drug-likeness (QED) is 0.719. The predicted molar refractivity (Wildman–Crippen MR) is 57.9 cm³/mol. The summed E-state index contributed by atoms with van der Waals surface area (Å²) in [6.45, 7) is 2.28. The van der Waals surface area contributed by atoms with Crippen molar-refractivity contribution in [2.75, 3.05) is 19.6 Å². The lowest BCUT2D eigenvalue weighted by Crippen LogP contribution is -2.38. The molecule has 0 radical (unpaired) electrons. The first-order chi connectivity index (χ1) is 7.25. The van der Waals surface area contributed by atoms with E-state index in [-0.39, 0.29) is 6.54 Å². The van der Waals surface area contributed by atoms with Crippen LogP contribution in [0, 0.1) is 0 Å². The van der Waals surface area contributed by atoms with Crippen molar-refractivity contribution in [1.29, 1.82) is 0 Å². The molecule has 1 atom stereocenters. The monoisotopic (exact) mass is 212 g/mol. The van der Waals surface area contributed by atoms with Gasteiger partial charge in [-0.1, -0.05) is 12.8 Å². The van der Waals surface area contributed by atoms with Gasteiger partial charge in [0.05, 0.1) is 6.54 Å². The van der Waals surface area contributed by atoms with E-state index < -0.39 is 5.97 Å². The van der Waals surface area contributed by atoms with Crippen molar-refractivity contribution in [3.05, 3.63) is 0 Å². The lowest BCUT2D eigenvalue weighted by atomic mass is 10.2. The molecule has 0 aromatic carbocycles. The lowest BCUT2D eigenvalue weighted by molar-refractivity contribution is -0.136. The van der Waals surface area contributed by atoms with Crippen LogP contribution in [0.25, 0.3) is 0 Å². The maximum Gasteiger partial charge on any atom is 0.317 e. The summed E-state index contributed by atoms with van der Waals surface area (Å²) >= 11 is 0. The number of nitrogens with zero attached hydrogens (tertiary/aromatic N) is 1. The highest BCUT2D eigenvalue weighted by atomic mass is 16.4. The molecule has 4 heteroatoms. The summed E-state index contributed by atoms with van der Waals surface area (Å²) in [4.78, 5) is 13.0. The van der Waals surface area contributed by atoms with Crippen molar-refractivity contribution in [2.45, 2.75) is 44.2 Å². The van der Waals surface area contributed by atoms with Gasteiger partial charge in [0.15, 0.2) is 0 Å². The molecular weight excluding hydrogens is 192 g/mol. The summed E-state index contributed by atoms with van der Waals surface area (Å²) in [5.41, 5.74) is 0. The Kier molecular flexibility index (Phi) is 3.59. The standard InChI is InChI=1S/C11H20N2O2/c14-11(15)7-12-9-5-6-13(8-9)10-3-1-2-4-10/h9-10,12H,1-8H2,(H,14,15). The van der Waals surface area contributed by atoms with E-state index in [9.17, 15) is 4.79 Å². The van der Waals surface area contributed by atoms with E-state index in [4.69, 9.17) is 5.11 Å². The maximum absolute atomic E-state index is 10.4. The third kappa shape index (κ3) is 2.92. The highest BCUT2D eigenvalue weighted by molar-refractivity contribution is 5.69. The molecule has 2 rings (SSSR count). The van der Waals surface area contributed by atoms with Crippen LogP contribution in [0.2, 0.25) is 0 Å². The fraction of sp³-hybridized carbons (Fsp3) is 0.909. The number of hydrogen-bond donors (Lipinski definition) is 2. The second kappa shape index (κ2) is 4.94. The van der Waals surface area contributed by atoms with Crippen LogP contribution in [0.1, 0.15) is 32.1 Å². The number of likely N-dealkylation sites (tertiary alicyclic amines) is 1. The van der Waals surface area contributed by atoms with Crippen LogP contribution in [0.4, 0.5) is 0 Å². The molecule has 1 heterocycles. The molecule has 0 bridgehead atoms. The van der Waals surface area contributed by atoms with Gasteiger partial charge >= 0.3 is 5.97 Å². The normalized spacial score (nSPS) is 28.7. The number of nitrogens with one attached hydrogen (secondary N) is 1. The Morgan fingerprint density at radius 3 is 2.73 bits per heavy atom. The van der Waals surface area contributed by atoms with Crippen molar-refractivity contribution >= 4 is 5.97 Å². The van der Waals surface area contributed by atoms with Crippen LogP contribution in [0.3, 0.4) is 0 Å². The van der Waals surface area contributed by atoms with Gasteiger partial charge in [-0.2, -0.15) is 0 Å². The smallest absolute Gasteiger partial charge is 0.317 e. The van der Waals surface area contributed by atoms with Crippen LogP contribution in [-0.4, -0.2) is 47.7 Å². The molecule has 0 spiro atoms. The topological polar surface area (TPSA) is 52.6 Å². The summed E-state index contributed by atoms with van der Waals surface area (Å²) in [7, 11) is 0. The fourth-order valence-electron chi connectivity index (χ4n) is 2.79. The minimum atomic E-state index is -0.755. The van der Waals surface area contributed by atoms with Gasteiger partial charge in [-0.15, -0.1) is 0 Å². The molecule has 0 amide bonds. The number of carboxylic acid groups (broad SMARTS) is 1. The predicted octanol–water partition coefficient (Wildman–Crippen LogP) is 0.677. The van der Waals surface area contributed by atoms with Gasteiger partial charge in [0.25, 0.3) is 0 Å². The summed E-state index contributed by atoms with van der Waals surface area (Å²) in [5.74, 6) is -0.755. The van der Waals surface area contributed by atoms with Crippen molar-refractivity contribution < 1.29 is 9.90 Å². The zero-order valence-electron chi connectivity index (χ0n) is 9.11.